The number of nitrogens with one attached hydrogen (secondary N) is 1. The molecule has 0 aliphatic carbocycles. The highest BCUT2D eigenvalue weighted by atomic mass is 19.1. The van der Waals surface area contributed by atoms with Crippen molar-refractivity contribution in [3.05, 3.63) is 36.3 Å². The van der Waals surface area contributed by atoms with Gasteiger partial charge in [-0.05, 0) is 12.1 Å². The van der Waals surface area contributed by atoms with E-state index in [9.17, 15) is 4.39 Å². The van der Waals surface area contributed by atoms with Gasteiger partial charge in [0, 0.05) is 18.7 Å². The van der Waals surface area contributed by atoms with Gasteiger partial charge >= 0.3 is 0 Å². The lowest BCUT2D eigenvalue weighted by molar-refractivity contribution is 0.313. The van der Waals surface area contributed by atoms with Crippen LogP contribution in [0.25, 0.3) is 11.3 Å². The number of halogens is 1. The molecular weight excluding hydrogens is 207 g/mol. The predicted octanol–water partition coefficient (Wildman–Crippen LogP) is 1.23. The quantitative estimate of drug-likeness (QED) is 0.824. The molecule has 0 radical (unpaired) electrons. The molecule has 2 aromatic rings. The van der Waals surface area contributed by atoms with Gasteiger partial charge in [0.15, 0.2) is 0 Å². The number of hydrogen-bond acceptors (Lipinski definition) is 3. The van der Waals surface area contributed by atoms with Crippen LogP contribution >= 0.6 is 0 Å². The summed E-state index contributed by atoms with van der Waals surface area (Å²) in [4.78, 5) is 0. The third-order valence-electron chi connectivity index (χ3n) is 2.76. The Kier molecular flexibility index (Phi) is 2.18. The maximum absolute atomic E-state index is 13.0. The fourth-order valence-electron chi connectivity index (χ4n) is 1.70. The summed E-state index contributed by atoms with van der Waals surface area (Å²) in [5.41, 5.74) is 1.48. The minimum absolute atomic E-state index is 0.252. The van der Waals surface area contributed by atoms with Crippen molar-refractivity contribution < 1.29 is 4.39 Å². The van der Waals surface area contributed by atoms with Gasteiger partial charge in [0.2, 0.25) is 0 Å². The number of hydrogen-bond donors (Lipinski definition) is 1. The van der Waals surface area contributed by atoms with Gasteiger partial charge < -0.3 is 5.32 Å². The fraction of sp³-hybridized carbons (Fsp3) is 0.273. The van der Waals surface area contributed by atoms with Gasteiger partial charge in [0.25, 0.3) is 0 Å². The van der Waals surface area contributed by atoms with E-state index in [2.05, 4.69) is 15.6 Å². The number of nitrogens with zero attached hydrogens (tertiary/aromatic N) is 3. The summed E-state index contributed by atoms with van der Waals surface area (Å²) in [6.07, 6.45) is 1.86. The Balaban J connectivity index is 1.91. The van der Waals surface area contributed by atoms with Crippen molar-refractivity contribution in [1.29, 1.82) is 0 Å². The standard InChI is InChI=1S/C11H11FN4/c12-9-3-1-2-8(4-9)11-7-16(15-14-11)10-5-13-6-10/h1-4,7,10,13H,5-6H2. The summed E-state index contributed by atoms with van der Waals surface area (Å²) < 4.78 is 14.9. The number of aromatic nitrogens is 3. The zero-order chi connectivity index (χ0) is 11.0. The average molecular weight is 218 g/mol. The highest BCUT2D eigenvalue weighted by Crippen LogP contribution is 2.19. The molecule has 1 aliphatic rings. The molecule has 0 atom stereocenters. The van der Waals surface area contributed by atoms with Crippen LogP contribution in [0.15, 0.2) is 30.5 Å². The molecule has 1 aromatic heterocycles. The summed E-state index contributed by atoms with van der Waals surface area (Å²) in [5.74, 6) is -0.252. The van der Waals surface area contributed by atoms with Crippen molar-refractivity contribution in [2.24, 2.45) is 0 Å². The third-order valence-corrected chi connectivity index (χ3v) is 2.76. The first-order chi connectivity index (χ1) is 7.83. The van der Waals surface area contributed by atoms with Crippen LogP contribution in [0.5, 0.6) is 0 Å². The largest absolute Gasteiger partial charge is 0.312 e. The second-order valence-electron chi connectivity index (χ2n) is 3.91. The van der Waals surface area contributed by atoms with E-state index < -0.39 is 0 Å². The summed E-state index contributed by atoms with van der Waals surface area (Å²) in [6.45, 7) is 1.85. The normalized spacial score (nSPS) is 16.1. The molecule has 0 amide bonds. The molecule has 2 heterocycles. The molecule has 5 heteroatoms. The van der Waals surface area contributed by atoms with Crippen molar-refractivity contribution in [3.63, 3.8) is 0 Å². The van der Waals surface area contributed by atoms with E-state index in [1.54, 1.807) is 6.07 Å². The van der Waals surface area contributed by atoms with Gasteiger partial charge in [-0.1, -0.05) is 17.3 Å². The van der Waals surface area contributed by atoms with Gasteiger partial charge in [-0.25, -0.2) is 9.07 Å². The van der Waals surface area contributed by atoms with Crippen LogP contribution in [0, 0.1) is 5.82 Å². The van der Waals surface area contributed by atoms with E-state index in [1.165, 1.54) is 12.1 Å². The van der Waals surface area contributed by atoms with E-state index >= 15 is 0 Å². The third kappa shape index (κ3) is 1.59. The van der Waals surface area contributed by atoms with Gasteiger partial charge in [-0.15, -0.1) is 5.10 Å². The second-order valence-corrected chi connectivity index (χ2v) is 3.91. The number of benzene rings is 1. The van der Waals surface area contributed by atoms with E-state index in [0.717, 1.165) is 18.7 Å². The number of rotatable bonds is 2. The molecule has 3 rings (SSSR count). The summed E-state index contributed by atoms with van der Waals surface area (Å²) >= 11 is 0. The van der Waals surface area contributed by atoms with Gasteiger partial charge in [-0.3, -0.25) is 0 Å². The average Bonchev–Trinajstić information content (AvgIpc) is 2.64. The molecule has 1 fully saturated rings. The van der Waals surface area contributed by atoms with E-state index in [-0.39, 0.29) is 5.82 Å². The molecule has 82 valence electrons. The van der Waals surface area contributed by atoms with Crippen molar-refractivity contribution in [2.75, 3.05) is 13.1 Å². The molecule has 16 heavy (non-hydrogen) atoms. The van der Waals surface area contributed by atoms with E-state index in [4.69, 9.17) is 0 Å². The lowest BCUT2D eigenvalue weighted by atomic mass is 10.1. The van der Waals surface area contributed by atoms with Crippen LogP contribution < -0.4 is 5.32 Å². The smallest absolute Gasteiger partial charge is 0.123 e. The predicted molar refractivity (Wildman–Crippen MR) is 57.3 cm³/mol. The first-order valence-electron chi connectivity index (χ1n) is 5.21. The van der Waals surface area contributed by atoms with Crippen LogP contribution in [0.1, 0.15) is 6.04 Å². The maximum atomic E-state index is 13.0. The molecule has 0 bridgehead atoms. The first-order valence-corrected chi connectivity index (χ1v) is 5.21. The Morgan fingerprint density at radius 2 is 2.25 bits per heavy atom. The molecular formula is C11H11FN4. The molecule has 1 saturated heterocycles. The molecule has 1 aliphatic heterocycles. The van der Waals surface area contributed by atoms with Crippen LogP contribution in [0.2, 0.25) is 0 Å². The van der Waals surface area contributed by atoms with Crippen LogP contribution in [0.4, 0.5) is 4.39 Å². The van der Waals surface area contributed by atoms with Gasteiger partial charge in [0.05, 0.1) is 12.2 Å². The van der Waals surface area contributed by atoms with E-state index in [1.807, 2.05) is 16.9 Å². The highest BCUT2D eigenvalue weighted by molar-refractivity contribution is 5.57. The molecule has 0 saturated carbocycles. The minimum Gasteiger partial charge on any atom is -0.312 e. The molecule has 1 aromatic carbocycles. The Bertz CT molecular complexity index is 504. The summed E-state index contributed by atoms with van der Waals surface area (Å²) in [6, 6.07) is 6.78. The maximum Gasteiger partial charge on any atom is 0.123 e. The second kappa shape index (κ2) is 3.68. The molecule has 1 N–H and O–H groups in total. The van der Waals surface area contributed by atoms with Crippen molar-refractivity contribution in [3.8, 4) is 11.3 Å². The lowest BCUT2D eigenvalue weighted by Crippen LogP contribution is -2.43. The Hall–Kier alpha value is -1.75. The zero-order valence-electron chi connectivity index (χ0n) is 8.60. The molecule has 4 nitrogen and oxygen atoms in total. The van der Waals surface area contributed by atoms with Gasteiger partial charge in [-0.2, -0.15) is 0 Å². The van der Waals surface area contributed by atoms with Crippen molar-refractivity contribution >= 4 is 0 Å². The van der Waals surface area contributed by atoms with Crippen molar-refractivity contribution in [2.45, 2.75) is 6.04 Å². The highest BCUT2D eigenvalue weighted by Gasteiger charge is 2.20. The Morgan fingerprint density at radius 1 is 1.38 bits per heavy atom. The zero-order valence-corrected chi connectivity index (χ0v) is 8.60. The topological polar surface area (TPSA) is 42.7 Å². The fourth-order valence-corrected chi connectivity index (χ4v) is 1.70. The minimum atomic E-state index is -0.252. The summed E-state index contributed by atoms with van der Waals surface area (Å²) in [7, 11) is 0. The SMILES string of the molecule is Fc1cccc(-c2cn(C3CNC3)nn2)c1. The van der Waals surface area contributed by atoms with Crippen LogP contribution in [-0.2, 0) is 0 Å². The Labute approximate surface area is 92.1 Å². The Morgan fingerprint density at radius 3 is 2.94 bits per heavy atom. The summed E-state index contributed by atoms with van der Waals surface area (Å²) in [5, 5.41) is 11.3. The monoisotopic (exact) mass is 218 g/mol. The first kappa shape index (κ1) is 9.47. The van der Waals surface area contributed by atoms with Crippen molar-refractivity contribution in [1.82, 2.24) is 20.3 Å². The molecule has 0 unspecified atom stereocenters. The van der Waals surface area contributed by atoms with Crippen LogP contribution in [-0.4, -0.2) is 28.1 Å². The molecule has 0 spiro atoms. The van der Waals surface area contributed by atoms with E-state index in [0.29, 0.717) is 11.7 Å². The van der Waals surface area contributed by atoms with Crippen LogP contribution in [0.3, 0.4) is 0 Å². The van der Waals surface area contributed by atoms with Gasteiger partial charge in [0.1, 0.15) is 11.5 Å². The lowest BCUT2D eigenvalue weighted by Gasteiger charge is -2.26.